The zero-order valence-corrected chi connectivity index (χ0v) is 19.3. The Labute approximate surface area is 152 Å². The zero-order valence-electron chi connectivity index (χ0n) is 11.1. The van der Waals surface area contributed by atoms with Gasteiger partial charge in [0, 0.05) is 16.6 Å². The Hall–Kier alpha value is 2.97. The number of unbranched alkanes of at least 4 members (excludes halogenated alkanes) is 1. The topological polar surface area (TPSA) is 0 Å². The van der Waals surface area contributed by atoms with E-state index in [0.717, 1.165) is 11.2 Å². The first kappa shape index (κ1) is 20.0. The van der Waals surface area contributed by atoms with E-state index in [4.69, 9.17) is 0 Å². The first-order valence-corrected chi connectivity index (χ1v) is 18.2. The van der Waals surface area contributed by atoms with Crippen LogP contribution in [-0.4, -0.2) is 5.25 Å². The fraction of sp³-hybridized carbons (Fsp3) is 1.00. The van der Waals surface area contributed by atoms with E-state index in [1.165, 1.54) is 44.9 Å². The van der Waals surface area contributed by atoms with Gasteiger partial charge < -0.3 is 0 Å². The maximum Gasteiger partial charge on any atom is 0.253 e. The van der Waals surface area contributed by atoms with E-state index in [1.54, 1.807) is 0 Å². The SMILES string of the molecule is CCCC[C@H](C)CCCC(CC)S[P+](I)(I)I. The van der Waals surface area contributed by atoms with Gasteiger partial charge >= 0.3 is 0 Å². The van der Waals surface area contributed by atoms with Gasteiger partial charge in [0.15, 0.2) is 66.1 Å². The average Bonchev–Trinajstić information content (AvgIpc) is 2.23. The Bertz CT molecular complexity index is 185. The van der Waals surface area contributed by atoms with Gasteiger partial charge in [-0.3, -0.25) is 0 Å². The van der Waals surface area contributed by atoms with Crippen molar-refractivity contribution in [3.8, 4) is 0 Å². The molecule has 0 aromatic rings. The standard InChI is InChI=1S/C12H25I3PS/c1-4-6-8-11(3)9-7-10-12(5-2)17-16(13,14)15/h11-12H,4-10H2,1-3H3/q+1/t11-,12?/m0/s1. The van der Waals surface area contributed by atoms with Crippen LogP contribution in [0.4, 0.5) is 0 Å². The highest BCUT2D eigenvalue weighted by molar-refractivity contribution is 14.4. The molecule has 0 saturated heterocycles. The van der Waals surface area contributed by atoms with E-state index in [2.05, 4.69) is 98.3 Å². The van der Waals surface area contributed by atoms with Crippen LogP contribution in [0, 0.1) is 5.92 Å². The Morgan fingerprint density at radius 1 is 1.00 bits per heavy atom. The molecule has 17 heavy (non-hydrogen) atoms. The van der Waals surface area contributed by atoms with Crippen LogP contribution in [0.2, 0.25) is 0 Å². The highest BCUT2D eigenvalue weighted by Gasteiger charge is 2.34. The maximum absolute atomic E-state index is 2.65. The van der Waals surface area contributed by atoms with Crippen molar-refractivity contribution in [2.45, 2.75) is 71.0 Å². The molecule has 0 heterocycles. The summed E-state index contributed by atoms with van der Waals surface area (Å²) in [5, 5.41) is 0.896. The Morgan fingerprint density at radius 2 is 1.59 bits per heavy atom. The van der Waals surface area contributed by atoms with Gasteiger partial charge in [-0.2, -0.15) is 0 Å². The zero-order chi connectivity index (χ0) is 13.3. The molecule has 0 amide bonds. The Balaban J connectivity index is 3.69. The smallest absolute Gasteiger partial charge is 0.0654 e. The first-order valence-electron chi connectivity index (χ1n) is 6.55. The quantitative estimate of drug-likeness (QED) is 0.176. The van der Waals surface area contributed by atoms with Gasteiger partial charge in [0.05, 0.1) is 0 Å². The highest BCUT2D eigenvalue weighted by atomic mass is 127. The lowest BCUT2D eigenvalue weighted by atomic mass is 9.97. The molecule has 0 rings (SSSR count). The van der Waals surface area contributed by atoms with Crippen molar-refractivity contribution in [2.75, 3.05) is 0 Å². The van der Waals surface area contributed by atoms with E-state index in [9.17, 15) is 0 Å². The summed E-state index contributed by atoms with van der Waals surface area (Å²) >= 11 is 10.2. The molecule has 0 spiro atoms. The summed E-state index contributed by atoms with van der Waals surface area (Å²) in [6, 6.07) is 0. The summed E-state index contributed by atoms with van der Waals surface area (Å²) in [4.78, 5) is 0. The summed E-state index contributed by atoms with van der Waals surface area (Å²) in [5.41, 5.74) is 0. The number of halogens is 3. The van der Waals surface area contributed by atoms with Crippen molar-refractivity contribution in [1.82, 2.24) is 0 Å². The number of rotatable bonds is 10. The molecule has 0 aliphatic heterocycles. The second kappa shape index (κ2) is 11.6. The van der Waals surface area contributed by atoms with Gasteiger partial charge in [-0.05, 0) is 18.8 Å². The van der Waals surface area contributed by atoms with E-state index in [-0.39, 0.29) is 0 Å². The maximum atomic E-state index is 2.65. The van der Waals surface area contributed by atoms with Crippen LogP contribution >= 0.6 is 76.9 Å². The van der Waals surface area contributed by atoms with Crippen molar-refractivity contribution >= 4 is 76.9 Å². The summed E-state index contributed by atoms with van der Waals surface area (Å²) in [6.07, 6.45) is 9.83. The predicted molar refractivity (Wildman–Crippen MR) is 113 cm³/mol. The summed E-state index contributed by atoms with van der Waals surface area (Å²) < 4.78 is -0.743. The van der Waals surface area contributed by atoms with E-state index in [1.807, 2.05) is 0 Å². The van der Waals surface area contributed by atoms with Gasteiger partial charge in [0.25, 0.3) is -0.608 Å². The van der Waals surface area contributed by atoms with Gasteiger partial charge in [-0.1, -0.05) is 52.9 Å². The average molecular weight is 613 g/mol. The Morgan fingerprint density at radius 3 is 2.06 bits per heavy atom. The minimum absolute atomic E-state index is 0.743. The predicted octanol–water partition coefficient (Wildman–Crippen LogP) is 8.48. The molecule has 0 aliphatic rings. The number of hydrogen-bond donors (Lipinski definition) is 0. The summed E-state index contributed by atoms with van der Waals surface area (Å²) in [5.74, 6) is 0.941. The molecular formula is C12H25I3PS+. The highest BCUT2D eigenvalue weighted by Crippen LogP contribution is 2.90. The molecule has 0 N–H and O–H groups in total. The fourth-order valence-corrected chi connectivity index (χ4v) is 13.1. The second-order valence-electron chi connectivity index (χ2n) is 4.71. The third-order valence-corrected chi connectivity index (χ3v) is 11.9. The van der Waals surface area contributed by atoms with Crippen LogP contribution in [-0.2, 0) is 0 Å². The molecule has 0 aromatic carbocycles. The van der Waals surface area contributed by atoms with Crippen molar-refractivity contribution in [3.63, 3.8) is 0 Å². The monoisotopic (exact) mass is 613 g/mol. The van der Waals surface area contributed by atoms with E-state index in [0.29, 0.717) is 0 Å². The largest absolute Gasteiger partial charge is 0.253 e. The van der Waals surface area contributed by atoms with Crippen LogP contribution in [0.15, 0.2) is 0 Å². The van der Waals surface area contributed by atoms with Crippen molar-refractivity contribution < 1.29 is 0 Å². The molecule has 2 atom stereocenters. The number of hydrogen-bond acceptors (Lipinski definition) is 1. The van der Waals surface area contributed by atoms with Crippen LogP contribution in [0.3, 0.4) is 0 Å². The van der Waals surface area contributed by atoms with Crippen molar-refractivity contribution in [3.05, 3.63) is 0 Å². The van der Waals surface area contributed by atoms with E-state index < -0.39 is -0.608 Å². The van der Waals surface area contributed by atoms with Gasteiger partial charge in [-0.15, -0.1) is 0 Å². The Kier molecular flexibility index (Phi) is 13.6. The first-order chi connectivity index (χ1) is 7.89. The molecule has 5 heteroatoms. The third-order valence-electron chi connectivity index (χ3n) is 3.00. The third kappa shape index (κ3) is 13.7. The van der Waals surface area contributed by atoms with Gasteiger partial charge in [0.2, 0.25) is 0 Å². The van der Waals surface area contributed by atoms with Gasteiger partial charge in [-0.25, -0.2) is 0 Å². The van der Waals surface area contributed by atoms with Gasteiger partial charge in [0.1, 0.15) is 0 Å². The molecular weight excluding hydrogens is 588 g/mol. The van der Waals surface area contributed by atoms with Crippen molar-refractivity contribution in [2.24, 2.45) is 5.92 Å². The lowest BCUT2D eigenvalue weighted by Crippen LogP contribution is -2.02. The molecule has 0 bridgehead atoms. The molecule has 104 valence electrons. The molecule has 1 unspecified atom stereocenters. The molecule has 0 aromatic heterocycles. The molecule has 0 radical (unpaired) electrons. The van der Waals surface area contributed by atoms with Crippen LogP contribution in [0.5, 0.6) is 0 Å². The van der Waals surface area contributed by atoms with Crippen LogP contribution < -0.4 is 0 Å². The lowest BCUT2D eigenvalue weighted by molar-refractivity contribution is 0.447. The van der Waals surface area contributed by atoms with Crippen LogP contribution in [0.25, 0.3) is 0 Å². The minimum Gasteiger partial charge on any atom is -0.0654 e. The lowest BCUT2D eigenvalue weighted by Gasteiger charge is -2.15. The molecule has 0 aliphatic carbocycles. The van der Waals surface area contributed by atoms with Crippen LogP contribution in [0.1, 0.15) is 65.7 Å². The molecule has 0 fully saturated rings. The fourth-order valence-electron chi connectivity index (χ4n) is 1.89. The minimum atomic E-state index is -0.743. The van der Waals surface area contributed by atoms with E-state index >= 15 is 0 Å². The normalized spacial score (nSPS) is 15.9. The van der Waals surface area contributed by atoms with Crippen molar-refractivity contribution in [1.29, 1.82) is 0 Å². The molecule has 0 saturated carbocycles. The summed E-state index contributed by atoms with van der Waals surface area (Å²) in [7, 11) is 0. The summed E-state index contributed by atoms with van der Waals surface area (Å²) in [6.45, 7) is 7.06. The second-order valence-corrected chi connectivity index (χ2v) is 44.2. The molecule has 0 nitrogen and oxygen atoms in total.